The van der Waals surface area contributed by atoms with Gasteiger partial charge in [-0.05, 0) is 35.7 Å². The summed E-state index contributed by atoms with van der Waals surface area (Å²) in [6, 6.07) is 16.5. The molecular formula is C21H17N3O3S. The molecule has 4 rings (SSSR count). The maximum atomic E-state index is 12.8. The minimum Gasteiger partial charge on any atom is -0.459 e. The molecule has 1 aromatic carbocycles. The molecule has 140 valence electrons. The van der Waals surface area contributed by atoms with Gasteiger partial charge in [0.2, 0.25) is 0 Å². The Balaban J connectivity index is 1.48. The monoisotopic (exact) mass is 391 g/mol. The molecule has 0 unspecified atom stereocenters. The molecule has 0 saturated carbocycles. The first kappa shape index (κ1) is 17.9. The Bertz CT molecular complexity index is 1110. The molecule has 28 heavy (non-hydrogen) atoms. The molecule has 3 heterocycles. The lowest BCUT2D eigenvalue weighted by Gasteiger charge is -2.10. The van der Waals surface area contributed by atoms with Crippen molar-refractivity contribution in [1.29, 1.82) is 0 Å². The van der Waals surface area contributed by atoms with E-state index in [1.165, 1.54) is 6.26 Å². The second-order valence-electron chi connectivity index (χ2n) is 6.04. The third-order valence-electron chi connectivity index (χ3n) is 4.18. The van der Waals surface area contributed by atoms with Crippen molar-refractivity contribution in [2.24, 2.45) is 0 Å². The minimum absolute atomic E-state index is 0.205. The van der Waals surface area contributed by atoms with Crippen molar-refractivity contribution < 1.29 is 14.0 Å². The number of amides is 2. The molecule has 7 heteroatoms. The van der Waals surface area contributed by atoms with E-state index in [-0.39, 0.29) is 17.6 Å². The van der Waals surface area contributed by atoms with E-state index in [9.17, 15) is 9.59 Å². The summed E-state index contributed by atoms with van der Waals surface area (Å²) in [5.74, 6) is -0.274. The van der Waals surface area contributed by atoms with Gasteiger partial charge >= 0.3 is 0 Å². The number of rotatable bonds is 6. The van der Waals surface area contributed by atoms with E-state index in [0.717, 1.165) is 21.5 Å². The van der Waals surface area contributed by atoms with Gasteiger partial charge in [0.05, 0.1) is 27.9 Å². The lowest BCUT2D eigenvalue weighted by atomic mass is 10.1. The van der Waals surface area contributed by atoms with E-state index in [4.69, 9.17) is 4.42 Å². The van der Waals surface area contributed by atoms with Gasteiger partial charge in [-0.1, -0.05) is 24.3 Å². The van der Waals surface area contributed by atoms with E-state index in [1.54, 1.807) is 23.5 Å². The third-order valence-corrected chi connectivity index (χ3v) is 5.07. The number of thiophene rings is 1. The Hall–Kier alpha value is -3.45. The maximum Gasteiger partial charge on any atom is 0.287 e. The predicted octanol–water partition coefficient (Wildman–Crippen LogP) is 3.72. The summed E-state index contributed by atoms with van der Waals surface area (Å²) in [6.07, 6.45) is 1.44. The van der Waals surface area contributed by atoms with Gasteiger partial charge in [0.15, 0.2) is 5.76 Å². The van der Waals surface area contributed by atoms with Gasteiger partial charge in [0, 0.05) is 18.5 Å². The van der Waals surface area contributed by atoms with Crippen LogP contribution in [0.1, 0.15) is 20.9 Å². The molecule has 0 spiro atoms. The van der Waals surface area contributed by atoms with Crippen LogP contribution in [0.4, 0.5) is 0 Å². The molecule has 2 amide bonds. The van der Waals surface area contributed by atoms with Crippen molar-refractivity contribution in [2.75, 3.05) is 13.1 Å². The van der Waals surface area contributed by atoms with Crippen LogP contribution in [0.2, 0.25) is 0 Å². The van der Waals surface area contributed by atoms with Crippen LogP contribution in [-0.4, -0.2) is 29.9 Å². The van der Waals surface area contributed by atoms with Crippen LogP contribution in [0, 0.1) is 0 Å². The molecule has 0 saturated heterocycles. The predicted molar refractivity (Wildman–Crippen MR) is 108 cm³/mol. The van der Waals surface area contributed by atoms with Gasteiger partial charge in [0.25, 0.3) is 11.8 Å². The van der Waals surface area contributed by atoms with E-state index in [2.05, 4.69) is 15.6 Å². The number of hydrogen-bond donors (Lipinski definition) is 2. The van der Waals surface area contributed by atoms with Crippen LogP contribution < -0.4 is 10.6 Å². The number of nitrogens with one attached hydrogen (secondary N) is 2. The Labute approximate surface area is 165 Å². The Morgan fingerprint density at radius 1 is 0.964 bits per heavy atom. The van der Waals surface area contributed by atoms with Crippen LogP contribution in [-0.2, 0) is 0 Å². The van der Waals surface area contributed by atoms with E-state index >= 15 is 0 Å². The lowest BCUT2D eigenvalue weighted by molar-refractivity contribution is 0.0911. The zero-order chi connectivity index (χ0) is 19.3. The number of carbonyl (C=O) groups excluding carboxylic acids is 2. The van der Waals surface area contributed by atoms with Gasteiger partial charge in [-0.2, -0.15) is 0 Å². The molecule has 4 aromatic rings. The zero-order valence-corrected chi connectivity index (χ0v) is 15.7. The Morgan fingerprint density at radius 3 is 2.54 bits per heavy atom. The molecule has 0 fully saturated rings. The first-order chi connectivity index (χ1) is 13.7. The Kier molecular flexibility index (Phi) is 5.16. The summed E-state index contributed by atoms with van der Waals surface area (Å²) in [5, 5.41) is 8.33. The number of fused-ring (bicyclic) bond motifs is 1. The molecule has 2 N–H and O–H groups in total. The van der Waals surface area contributed by atoms with E-state index in [0.29, 0.717) is 18.7 Å². The number of nitrogens with zero attached hydrogens (tertiary/aromatic N) is 1. The van der Waals surface area contributed by atoms with Crippen molar-refractivity contribution in [3.8, 4) is 10.6 Å². The minimum atomic E-state index is -0.311. The fourth-order valence-electron chi connectivity index (χ4n) is 2.86. The van der Waals surface area contributed by atoms with Crippen LogP contribution in [0.25, 0.3) is 21.5 Å². The maximum absolute atomic E-state index is 12.8. The molecule has 0 aliphatic rings. The van der Waals surface area contributed by atoms with Crippen LogP contribution >= 0.6 is 11.3 Å². The smallest absolute Gasteiger partial charge is 0.287 e. The molecular weight excluding hydrogens is 374 g/mol. The van der Waals surface area contributed by atoms with Crippen LogP contribution in [0.15, 0.2) is 70.7 Å². The van der Waals surface area contributed by atoms with Crippen LogP contribution in [0.3, 0.4) is 0 Å². The molecule has 0 aliphatic carbocycles. The number of aromatic nitrogens is 1. The zero-order valence-electron chi connectivity index (χ0n) is 14.8. The van der Waals surface area contributed by atoms with Gasteiger partial charge in [0.1, 0.15) is 0 Å². The number of furan rings is 1. The first-order valence-electron chi connectivity index (χ1n) is 8.76. The summed E-state index contributed by atoms with van der Waals surface area (Å²) in [7, 11) is 0. The first-order valence-corrected chi connectivity index (χ1v) is 9.64. The fourth-order valence-corrected chi connectivity index (χ4v) is 3.54. The average Bonchev–Trinajstić information content (AvgIpc) is 3.44. The second kappa shape index (κ2) is 8.06. The average molecular weight is 391 g/mol. The van der Waals surface area contributed by atoms with Crippen molar-refractivity contribution in [2.45, 2.75) is 0 Å². The summed E-state index contributed by atoms with van der Waals surface area (Å²) >= 11 is 1.58. The highest BCUT2D eigenvalue weighted by atomic mass is 32.1. The largest absolute Gasteiger partial charge is 0.459 e. The molecule has 0 atom stereocenters. The van der Waals surface area contributed by atoms with Gasteiger partial charge < -0.3 is 15.1 Å². The van der Waals surface area contributed by atoms with Crippen LogP contribution in [0.5, 0.6) is 0 Å². The van der Waals surface area contributed by atoms with Gasteiger partial charge in [-0.15, -0.1) is 11.3 Å². The molecule has 0 bridgehead atoms. The van der Waals surface area contributed by atoms with E-state index in [1.807, 2.05) is 47.8 Å². The van der Waals surface area contributed by atoms with Crippen molar-refractivity contribution in [3.05, 3.63) is 77.6 Å². The highest BCUT2D eigenvalue weighted by Crippen LogP contribution is 2.27. The summed E-state index contributed by atoms with van der Waals surface area (Å²) in [6.45, 7) is 0.600. The Morgan fingerprint density at radius 2 is 1.79 bits per heavy atom. The van der Waals surface area contributed by atoms with Crippen molar-refractivity contribution in [3.63, 3.8) is 0 Å². The number of pyridine rings is 1. The molecule has 3 aromatic heterocycles. The highest BCUT2D eigenvalue weighted by molar-refractivity contribution is 7.13. The normalized spacial score (nSPS) is 10.7. The molecule has 6 nitrogen and oxygen atoms in total. The summed E-state index contributed by atoms with van der Waals surface area (Å²) in [4.78, 5) is 30.3. The van der Waals surface area contributed by atoms with Gasteiger partial charge in [-0.3, -0.25) is 9.59 Å². The summed E-state index contributed by atoms with van der Waals surface area (Å²) < 4.78 is 5.03. The second-order valence-corrected chi connectivity index (χ2v) is 6.99. The number of benzene rings is 1. The van der Waals surface area contributed by atoms with E-state index < -0.39 is 0 Å². The number of carbonyl (C=O) groups is 2. The summed E-state index contributed by atoms with van der Waals surface area (Å²) in [5.41, 5.74) is 2.10. The number of hydrogen-bond acceptors (Lipinski definition) is 5. The topological polar surface area (TPSA) is 84.2 Å². The quantitative estimate of drug-likeness (QED) is 0.491. The number of para-hydroxylation sites is 1. The standard InChI is InChI=1S/C21H17N3O3S/c25-20(22-9-10-23-21(26)18-7-3-11-27-18)15-13-17(19-8-4-12-28-19)24-16-6-2-1-5-14(15)16/h1-8,11-13H,9-10H2,(H,22,25)(H,23,26). The van der Waals surface area contributed by atoms with Crippen molar-refractivity contribution >= 4 is 34.1 Å². The highest BCUT2D eigenvalue weighted by Gasteiger charge is 2.14. The fraction of sp³-hybridized carbons (Fsp3) is 0.0952. The third kappa shape index (κ3) is 3.79. The van der Waals surface area contributed by atoms with Gasteiger partial charge in [-0.25, -0.2) is 4.98 Å². The van der Waals surface area contributed by atoms with Crippen molar-refractivity contribution in [1.82, 2.24) is 15.6 Å². The molecule has 0 radical (unpaired) electrons. The lowest BCUT2D eigenvalue weighted by Crippen LogP contribution is -2.34. The molecule has 0 aliphatic heterocycles. The SMILES string of the molecule is O=C(NCCNC(=O)c1cc(-c2cccs2)nc2ccccc12)c1ccco1.